The van der Waals surface area contributed by atoms with Crippen LogP contribution in [0, 0.1) is 0 Å². The molecular formula is C8H10O2. The first-order valence-corrected chi connectivity index (χ1v) is 3.70. The Morgan fingerprint density at radius 1 is 1.00 bits per heavy atom. The molecular weight excluding hydrogens is 128 g/mol. The smallest absolute Gasteiger partial charge is 0.120 e. The van der Waals surface area contributed by atoms with Gasteiger partial charge in [0.1, 0.15) is 23.4 Å². The minimum absolute atomic E-state index is 0.0284. The zero-order valence-electron chi connectivity index (χ0n) is 6.13. The molecule has 2 aliphatic heterocycles. The van der Waals surface area contributed by atoms with Gasteiger partial charge < -0.3 is 9.47 Å². The fourth-order valence-electron chi connectivity index (χ4n) is 1.80. The highest BCUT2D eigenvalue weighted by Crippen LogP contribution is 2.56. The van der Waals surface area contributed by atoms with Crippen LogP contribution in [0.3, 0.4) is 0 Å². The number of fused-ring (bicyclic) bond motifs is 3. The van der Waals surface area contributed by atoms with Crippen molar-refractivity contribution in [3.05, 3.63) is 12.2 Å². The molecule has 0 spiro atoms. The molecule has 4 unspecified atom stereocenters. The largest absolute Gasteiger partial charge is 0.359 e. The van der Waals surface area contributed by atoms with E-state index in [0.717, 1.165) is 0 Å². The van der Waals surface area contributed by atoms with Crippen molar-refractivity contribution in [3.8, 4) is 0 Å². The third-order valence-corrected chi connectivity index (χ3v) is 2.80. The summed E-state index contributed by atoms with van der Waals surface area (Å²) in [5.74, 6) is 0. The summed E-state index contributed by atoms with van der Waals surface area (Å²) in [5.41, 5.74) is 0.0569. The summed E-state index contributed by atoms with van der Waals surface area (Å²) >= 11 is 0. The molecule has 1 aliphatic carbocycles. The predicted octanol–water partition coefficient (Wildman–Crippen LogP) is 0.871. The van der Waals surface area contributed by atoms with Gasteiger partial charge in [-0.25, -0.2) is 0 Å². The Morgan fingerprint density at radius 3 is 1.80 bits per heavy atom. The lowest BCUT2D eigenvalue weighted by Gasteiger charge is -2.04. The number of hydrogen-bond donors (Lipinski definition) is 0. The van der Waals surface area contributed by atoms with Crippen molar-refractivity contribution >= 4 is 0 Å². The lowest BCUT2D eigenvalue weighted by Crippen LogP contribution is -2.22. The lowest BCUT2D eigenvalue weighted by molar-refractivity contribution is 0.288. The highest BCUT2D eigenvalue weighted by Gasteiger charge is 2.71. The van der Waals surface area contributed by atoms with Gasteiger partial charge in [-0.1, -0.05) is 12.2 Å². The Morgan fingerprint density at radius 2 is 1.40 bits per heavy atom. The molecule has 2 saturated heterocycles. The molecule has 0 aromatic carbocycles. The van der Waals surface area contributed by atoms with E-state index < -0.39 is 0 Å². The quantitative estimate of drug-likeness (QED) is 0.366. The van der Waals surface area contributed by atoms with Gasteiger partial charge in [-0.3, -0.25) is 0 Å². The van der Waals surface area contributed by atoms with E-state index in [0.29, 0.717) is 12.2 Å². The molecule has 0 amide bonds. The molecule has 0 aromatic heterocycles. The number of ether oxygens (including phenoxy) is 2. The molecule has 0 aromatic rings. The van der Waals surface area contributed by atoms with Crippen molar-refractivity contribution in [3.63, 3.8) is 0 Å². The van der Waals surface area contributed by atoms with Crippen molar-refractivity contribution in [1.29, 1.82) is 0 Å². The van der Waals surface area contributed by atoms with Gasteiger partial charge in [0.05, 0.1) is 0 Å². The second kappa shape index (κ2) is 1.08. The molecule has 2 heterocycles. The molecule has 2 nitrogen and oxygen atoms in total. The Labute approximate surface area is 59.8 Å². The minimum Gasteiger partial charge on any atom is -0.359 e. The molecule has 0 radical (unpaired) electrons. The zero-order valence-corrected chi connectivity index (χ0v) is 6.13. The van der Waals surface area contributed by atoms with Crippen LogP contribution in [0.4, 0.5) is 0 Å². The third kappa shape index (κ3) is 0.414. The van der Waals surface area contributed by atoms with Gasteiger partial charge in [-0.2, -0.15) is 0 Å². The van der Waals surface area contributed by atoms with Crippen LogP contribution in [0.5, 0.6) is 0 Å². The summed E-state index contributed by atoms with van der Waals surface area (Å²) in [6.45, 7) is 4.21. The molecule has 54 valence electrons. The van der Waals surface area contributed by atoms with E-state index in [-0.39, 0.29) is 11.2 Å². The van der Waals surface area contributed by atoms with Crippen molar-refractivity contribution < 1.29 is 9.47 Å². The average molecular weight is 138 g/mol. The van der Waals surface area contributed by atoms with E-state index in [1.165, 1.54) is 0 Å². The van der Waals surface area contributed by atoms with E-state index in [9.17, 15) is 0 Å². The van der Waals surface area contributed by atoms with Gasteiger partial charge in [-0.05, 0) is 13.8 Å². The lowest BCUT2D eigenvalue weighted by atomic mass is 9.91. The van der Waals surface area contributed by atoms with Gasteiger partial charge in [0, 0.05) is 0 Å². The highest BCUT2D eigenvalue weighted by atomic mass is 16.7. The van der Waals surface area contributed by atoms with Crippen molar-refractivity contribution in [2.45, 2.75) is 37.3 Å². The van der Waals surface area contributed by atoms with Gasteiger partial charge in [0.15, 0.2) is 0 Å². The van der Waals surface area contributed by atoms with Crippen LogP contribution in [0.1, 0.15) is 13.8 Å². The molecule has 0 saturated carbocycles. The van der Waals surface area contributed by atoms with Crippen LogP contribution in [0.15, 0.2) is 12.2 Å². The second-order valence-corrected chi connectivity index (χ2v) is 3.78. The van der Waals surface area contributed by atoms with Gasteiger partial charge >= 0.3 is 0 Å². The summed E-state index contributed by atoms with van der Waals surface area (Å²) in [7, 11) is 0. The summed E-state index contributed by atoms with van der Waals surface area (Å²) in [5, 5.41) is 0. The van der Waals surface area contributed by atoms with E-state index in [4.69, 9.17) is 9.47 Å². The van der Waals surface area contributed by atoms with Crippen LogP contribution in [0.25, 0.3) is 0 Å². The number of epoxide rings is 2. The topological polar surface area (TPSA) is 25.1 Å². The fraction of sp³-hybridized carbons (Fsp3) is 0.750. The van der Waals surface area contributed by atoms with Crippen molar-refractivity contribution in [2.24, 2.45) is 0 Å². The fourth-order valence-corrected chi connectivity index (χ4v) is 1.80. The molecule has 4 atom stereocenters. The maximum absolute atomic E-state index is 5.47. The maximum atomic E-state index is 5.47. The maximum Gasteiger partial charge on any atom is 0.120 e. The summed E-state index contributed by atoms with van der Waals surface area (Å²) in [4.78, 5) is 0. The first-order valence-electron chi connectivity index (χ1n) is 3.70. The molecule has 0 N–H and O–H groups in total. The molecule has 2 heteroatoms. The van der Waals surface area contributed by atoms with Crippen molar-refractivity contribution in [1.82, 2.24) is 0 Å². The van der Waals surface area contributed by atoms with Crippen LogP contribution in [0.2, 0.25) is 0 Å². The summed E-state index contributed by atoms with van der Waals surface area (Å²) in [6, 6.07) is 0. The van der Waals surface area contributed by atoms with Crippen molar-refractivity contribution in [2.75, 3.05) is 0 Å². The summed E-state index contributed by atoms with van der Waals surface area (Å²) in [6.07, 6.45) is 4.95. The highest BCUT2D eigenvalue weighted by molar-refractivity contribution is 5.34. The first-order chi connectivity index (χ1) is 4.64. The number of hydrogen-bond acceptors (Lipinski definition) is 2. The molecule has 3 rings (SSSR count). The van der Waals surface area contributed by atoms with E-state index >= 15 is 0 Å². The van der Waals surface area contributed by atoms with Crippen LogP contribution >= 0.6 is 0 Å². The second-order valence-electron chi connectivity index (χ2n) is 3.78. The standard InChI is InChI=1S/C8H10O2/c1-7-3-4-8(2)6(10-8)5(7)9-7/h3-6H,1-2H3. The Hall–Kier alpha value is -0.340. The average Bonchev–Trinajstić information content (AvgIpc) is 2.65. The van der Waals surface area contributed by atoms with Gasteiger partial charge in [-0.15, -0.1) is 0 Å². The zero-order chi connectivity index (χ0) is 6.98. The first kappa shape index (κ1) is 5.33. The minimum atomic E-state index is 0.0284. The van der Waals surface area contributed by atoms with Crippen LogP contribution < -0.4 is 0 Å². The van der Waals surface area contributed by atoms with Gasteiger partial charge in [0.25, 0.3) is 0 Å². The van der Waals surface area contributed by atoms with Crippen LogP contribution in [-0.4, -0.2) is 23.4 Å². The Balaban J connectivity index is 2.04. The van der Waals surface area contributed by atoms with E-state index in [1.54, 1.807) is 0 Å². The third-order valence-electron chi connectivity index (χ3n) is 2.80. The van der Waals surface area contributed by atoms with Crippen LogP contribution in [-0.2, 0) is 9.47 Å². The van der Waals surface area contributed by atoms with Gasteiger partial charge in [0.2, 0.25) is 0 Å². The normalized spacial score (nSPS) is 68.6. The predicted molar refractivity (Wildman–Crippen MR) is 35.7 cm³/mol. The molecule has 2 fully saturated rings. The monoisotopic (exact) mass is 138 g/mol. The molecule has 0 bridgehead atoms. The Bertz CT molecular complexity index is 211. The van der Waals surface area contributed by atoms with E-state index in [2.05, 4.69) is 26.0 Å². The molecule has 10 heavy (non-hydrogen) atoms. The number of rotatable bonds is 0. The molecule has 3 aliphatic rings. The summed E-state index contributed by atoms with van der Waals surface area (Å²) < 4.78 is 10.9. The SMILES string of the molecule is CC12C=CC3(C)OC3C1O2. The van der Waals surface area contributed by atoms with E-state index in [1.807, 2.05) is 0 Å². The Kier molecular flexibility index (Phi) is 0.577.